The van der Waals surface area contributed by atoms with Gasteiger partial charge in [0.2, 0.25) is 17.7 Å². The Morgan fingerprint density at radius 3 is 2.05 bits per heavy atom. The van der Waals surface area contributed by atoms with Crippen LogP contribution in [0.2, 0.25) is 0 Å². The molecule has 9 N–H and O–H groups in total. The van der Waals surface area contributed by atoms with Crippen LogP contribution in [0.4, 0.5) is 5.69 Å². The fraction of sp³-hybridized carbons (Fsp3) is 0.304. The number of aromatic hydroxyl groups is 1. The van der Waals surface area contributed by atoms with E-state index in [1.165, 1.54) is 43.3 Å². The van der Waals surface area contributed by atoms with Crippen LogP contribution >= 0.6 is 0 Å². The molecule has 0 fully saturated rings. The number of benzene rings is 2. The third-order valence-electron chi connectivity index (χ3n) is 5.28. The van der Waals surface area contributed by atoms with Gasteiger partial charge in [-0.3, -0.25) is 34.7 Å². The molecule has 0 radical (unpaired) electrons. The van der Waals surface area contributed by atoms with E-state index >= 15 is 0 Å². The van der Waals surface area contributed by atoms with Gasteiger partial charge >= 0.3 is 0 Å². The minimum absolute atomic E-state index is 0.00784. The second-order valence-electron chi connectivity index (χ2n) is 8.18. The number of phenols is 1. The first kappa shape index (κ1) is 28.7. The Labute approximate surface area is 211 Å². The van der Waals surface area contributed by atoms with E-state index in [0.29, 0.717) is 5.56 Å². The van der Waals surface area contributed by atoms with Crippen LogP contribution in [0.1, 0.15) is 18.1 Å². The Balaban J connectivity index is 1.84. The normalized spacial score (nSPS) is 12.9. The van der Waals surface area contributed by atoms with Crippen LogP contribution in [0.25, 0.3) is 0 Å². The summed E-state index contributed by atoms with van der Waals surface area (Å²) < 4.78 is 0. The predicted octanol–water partition coefficient (Wildman–Crippen LogP) is -1.49. The quantitative estimate of drug-likeness (QED) is 0.0754. The molecule has 0 aliphatic rings. The molecule has 198 valence electrons. The molecule has 0 saturated carbocycles. The topological polar surface area (TPSA) is 232 Å². The standard InChI is InChI=1S/C23H29N7O7/c1-13(27-22(34)18(24)10-14-4-8-17(31)9-5-14)21(33)26-12-20(32)28-19(23(35)29-25)11-15-2-6-16(7-3-15)30(36)37/h2-9,13,18-19,31H,10-12,24-25H2,1H3,(H,26,33)(H,27,34)(H,28,32)(H,29,35)/t13-,18+,19+/m1/s1. The van der Waals surface area contributed by atoms with Crippen LogP contribution < -0.4 is 33.0 Å². The smallest absolute Gasteiger partial charge is 0.269 e. The lowest BCUT2D eigenvalue weighted by Crippen LogP contribution is -2.54. The lowest BCUT2D eigenvalue weighted by molar-refractivity contribution is -0.384. The van der Waals surface area contributed by atoms with Crippen molar-refractivity contribution in [3.8, 4) is 5.75 Å². The number of hydrogen-bond acceptors (Lipinski definition) is 9. The number of hydrazine groups is 1. The Morgan fingerprint density at radius 1 is 0.919 bits per heavy atom. The lowest BCUT2D eigenvalue weighted by Gasteiger charge is -2.19. The van der Waals surface area contributed by atoms with Crippen molar-refractivity contribution in [1.82, 2.24) is 21.4 Å². The number of amides is 4. The molecule has 0 aliphatic carbocycles. The monoisotopic (exact) mass is 515 g/mol. The predicted molar refractivity (Wildman–Crippen MR) is 131 cm³/mol. The van der Waals surface area contributed by atoms with E-state index in [1.807, 2.05) is 5.43 Å². The van der Waals surface area contributed by atoms with E-state index in [4.69, 9.17) is 11.6 Å². The molecule has 3 atom stereocenters. The van der Waals surface area contributed by atoms with Gasteiger partial charge in [0.15, 0.2) is 0 Å². The number of non-ortho nitro benzene ring substituents is 1. The molecule has 0 saturated heterocycles. The molecule has 2 rings (SSSR count). The third-order valence-corrected chi connectivity index (χ3v) is 5.28. The number of phenolic OH excluding ortho intramolecular Hbond substituents is 1. The Bertz CT molecular complexity index is 1120. The van der Waals surface area contributed by atoms with Crippen molar-refractivity contribution in [3.63, 3.8) is 0 Å². The average molecular weight is 516 g/mol. The summed E-state index contributed by atoms with van der Waals surface area (Å²) in [5.74, 6) is 2.62. The van der Waals surface area contributed by atoms with Gasteiger partial charge in [0.1, 0.15) is 17.8 Å². The van der Waals surface area contributed by atoms with E-state index in [1.54, 1.807) is 12.1 Å². The first-order chi connectivity index (χ1) is 17.5. The molecule has 2 aromatic carbocycles. The molecular formula is C23H29N7O7. The van der Waals surface area contributed by atoms with E-state index < -0.39 is 53.2 Å². The van der Waals surface area contributed by atoms with Gasteiger partial charge in [-0.25, -0.2) is 5.84 Å². The van der Waals surface area contributed by atoms with E-state index in [-0.39, 0.29) is 24.3 Å². The number of nitro groups is 1. The van der Waals surface area contributed by atoms with Crippen molar-refractivity contribution in [2.45, 2.75) is 37.9 Å². The van der Waals surface area contributed by atoms with Crippen molar-refractivity contribution in [1.29, 1.82) is 0 Å². The second kappa shape index (κ2) is 13.5. The zero-order valence-corrected chi connectivity index (χ0v) is 20.0. The maximum atomic E-state index is 12.3. The summed E-state index contributed by atoms with van der Waals surface area (Å²) in [6, 6.07) is 8.54. The number of hydrogen-bond donors (Lipinski definition) is 7. The van der Waals surface area contributed by atoms with Crippen LogP contribution in [-0.4, -0.2) is 58.3 Å². The van der Waals surface area contributed by atoms with E-state index in [0.717, 1.165) is 5.56 Å². The first-order valence-corrected chi connectivity index (χ1v) is 11.1. The third kappa shape index (κ3) is 9.19. The van der Waals surface area contributed by atoms with E-state index in [2.05, 4.69) is 16.0 Å². The zero-order chi connectivity index (χ0) is 27.5. The largest absolute Gasteiger partial charge is 0.508 e. The van der Waals surface area contributed by atoms with E-state index in [9.17, 15) is 34.4 Å². The minimum Gasteiger partial charge on any atom is -0.508 e. The molecule has 0 heterocycles. The SMILES string of the molecule is C[C@@H](NC(=O)[C@@H](N)Cc1ccc(O)cc1)C(=O)NCC(=O)N[C@@H](Cc1ccc([N+](=O)[O-])cc1)C(=O)NN. The summed E-state index contributed by atoms with van der Waals surface area (Å²) in [5, 5.41) is 27.4. The highest BCUT2D eigenvalue weighted by atomic mass is 16.6. The Kier molecular flexibility index (Phi) is 10.5. The molecule has 37 heavy (non-hydrogen) atoms. The minimum atomic E-state index is -1.11. The Morgan fingerprint density at radius 2 is 1.49 bits per heavy atom. The van der Waals surface area contributed by atoms with Crippen LogP contribution in [0.15, 0.2) is 48.5 Å². The van der Waals surface area contributed by atoms with Crippen molar-refractivity contribution < 1.29 is 29.2 Å². The molecule has 4 amide bonds. The summed E-state index contributed by atoms with van der Waals surface area (Å²) in [4.78, 5) is 59.3. The van der Waals surface area contributed by atoms with Crippen molar-refractivity contribution >= 4 is 29.3 Å². The van der Waals surface area contributed by atoms with Crippen LogP contribution in [-0.2, 0) is 32.0 Å². The maximum Gasteiger partial charge on any atom is 0.269 e. The second-order valence-corrected chi connectivity index (χ2v) is 8.18. The number of nitro benzene ring substituents is 1. The van der Waals surface area contributed by atoms with Crippen molar-refractivity contribution in [2.24, 2.45) is 11.6 Å². The highest BCUT2D eigenvalue weighted by Crippen LogP contribution is 2.13. The van der Waals surface area contributed by atoms with Crippen LogP contribution in [0, 0.1) is 10.1 Å². The van der Waals surface area contributed by atoms with Crippen molar-refractivity contribution in [3.05, 3.63) is 69.8 Å². The highest BCUT2D eigenvalue weighted by Gasteiger charge is 2.23. The number of carbonyl (C=O) groups excluding carboxylic acids is 4. The molecule has 0 unspecified atom stereocenters. The molecular weight excluding hydrogens is 486 g/mol. The Hall–Kier alpha value is -4.56. The molecule has 14 heteroatoms. The number of nitrogens with one attached hydrogen (secondary N) is 4. The molecule has 14 nitrogen and oxygen atoms in total. The van der Waals surface area contributed by atoms with Crippen molar-refractivity contribution in [2.75, 3.05) is 6.54 Å². The summed E-state index contributed by atoms with van der Waals surface area (Å²) in [5.41, 5.74) is 8.95. The van der Waals surface area contributed by atoms with Gasteiger partial charge in [-0.15, -0.1) is 0 Å². The average Bonchev–Trinajstić information content (AvgIpc) is 2.87. The van der Waals surface area contributed by atoms with Crippen LogP contribution in [0.3, 0.4) is 0 Å². The van der Waals surface area contributed by atoms with Gasteiger partial charge in [0.05, 0.1) is 17.5 Å². The fourth-order valence-electron chi connectivity index (χ4n) is 3.23. The van der Waals surface area contributed by atoms with Gasteiger partial charge in [-0.2, -0.15) is 0 Å². The van der Waals surface area contributed by atoms with Gasteiger partial charge in [-0.05, 0) is 36.6 Å². The number of carbonyl (C=O) groups is 4. The first-order valence-electron chi connectivity index (χ1n) is 11.1. The van der Waals surface area contributed by atoms with Gasteiger partial charge in [0, 0.05) is 18.6 Å². The summed E-state index contributed by atoms with van der Waals surface area (Å²) in [6.45, 7) is 0.922. The van der Waals surface area contributed by atoms with Gasteiger partial charge < -0.3 is 26.8 Å². The number of rotatable bonds is 12. The maximum absolute atomic E-state index is 12.3. The zero-order valence-electron chi connectivity index (χ0n) is 20.0. The molecule has 0 aromatic heterocycles. The van der Waals surface area contributed by atoms with Gasteiger partial charge in [-0.1, -0.05) is 24.3 Å². The highest BCUT2D eigenvalue weighted by molar-refractivity contribution is 5.93. The number of nitrogens with two attached hydrogens (primary N) is 2. The summed E-state index contributed by atoms with van der Waals surface area (Å²) >= 11 is 0. The molecule has 0 aliphatic heterocycles. The molecule has 0 bridgehead atoms. The molecule has 0 spiro atoms. The summed E-state index contributed by atoms with van der Waals surface area (Å²) in [7, 11) is 0. The lowest BCUT2D eigenvalue weighted by atomic mass is 10.0. The van der Waals surface area contributed by atoms with Gasteiger partial charge in [0.25, 0.3) is 11.6 Å². The van der Waals surface area contributed by atoms with Crippen LogP contribution in [0.5, 0.6) is 5.75 Å². The molecule has 2 aromatic rings. The number of nitrogens with zero attached hydrogens (tertiary/aromatic N) is 1. The fourth-order valence-corrected chi connectivity index (χ4v) is 3.23. The summed E-state index contributed by atoms with van der Waals surface area (Å²) in [6.07, 6.45) is 0.175.